The van der Waals surface area contributed by atoms with Crippen molar-refractivity contribution in [3.63, 3.8) is 0 Å². The molecule has 0 nitrogen and oxygen atoms in total. The van der Waals surface area contributed by atoms with Crippen molar-refractivity contribution in [3.8, 4) is 22.3 Å². The standard InChI is InChI=1S/C31H24F6S/c1-2-38-31(37)30(36)23-12-10-22(11-13-23)21-8-5-19(6-9-21)3-4-20-7-14-25(27(33)15-20)24-16-28(34)26(18-32)29(35)17-24/h5-17H,2-4,18H2,1H3/b31-30-. The van der Waals surface area contributed by atoms with Crippen LogP contribution in [0.25, 0.3) is 28.1 Å². The smallest absolute Gasteiger partial charge is 0.192 e. The summed E-state index contributed by atoms with van der Waals surface area (Å²) < 4.78 is 83.2. The summed E-state index contributed by atoms with van der Waals surface area (Å²) in [5.41, 5.74) is 3.09. The predicted octanol–water partition coefficient (Wildman–Crippen LogP) is 10.0. The van der Waals surface area contributed by atoms with Gasteiger partial charge in [-0.15, -0.1) is 0 Å². The van der Waals surface area contributed by atoms with E-state index in [2.05, 4.69) is 0 Å². The second-order valence-corrected chi connectivity index (χ2v) is 9.89. The molecule has 0 saturated heterocycles. The molecule has 0 atom stereocenters. The van der Waals surface area contributed by atoms with Crippen LogP contribution < -0.4 is 0 Å². The Morgan fingerprint density at radius 2 is 1.21 bits per heavy atom. The number of hydrogen-bond acceptors (Lipinski definition) is 1. The summed E-state index contributed by atoms with van der Waals surface area (Å²) in [4.78, 5) is 0. The summed E-state index contributed by atoms with van der Waals surface area (Å²) in [5, 5.41) is -0.825. The van der Waals surface area contributed by atoms with Crippen LogP contribution in [0.2, 0.25) is 0 Å². The maximum atomic E-state index is 14.7. The van der Waals surface area contributed by atoms with E-state index in [-0.39, 0.29) is 16.7 Å². The first kappa shape index (κ1) is 27.6. The van der Waals surface area contributed by atoms with Crippen molar-refractivity contribution in [1.82, 2.24) is 0 Å². The fraction of sp³-hybridized carbons (Fsp3) is 0.161. The average molecular weight is 543 g/mol. The van der Waals surface area contributed by atoms with Crippen LogP contribution in [-0.4, -0.2) is 5.75 Å². The minimum atomic E-state index is -1.27. The van der Waals surface area contributed by atoms with E-state index in [1.807, 2.05) is 24.3 Å². The van der Waals surface area contributed by atoms with Crippen LogP contribution in [0, 0.1) is 17.5 Å². The third kappa shape index (κ3) is 6.33. The number of halogens is 6. The zero-order chi connectivity index (χ0) is 27.2. The second kappa shape index (κ2) is 12.4. The monoisotopic (exact) mass is 542 g/mol. The van der Waals surface area contributed by atoms with Gasteiger partial charge in [0.1, 0.15) is 24.1 Å². The quantitative estimate of drug-likeness (QED) is 0.190. The van der Waals surface area contributed by atoms with Gasteiger partial charge in [-0.3, -0.25) is 0 Å². The molecule has 7 heteroatoms. The van der Waals surface area contributed by atoms with Gasteiger partial charge >= 0.3 is 0 Å². The van der Waals surface area contributed by atoms with E-state index in [0.717, 1.165) is 46.1 Å². The van der Waals surface area contributed by atoms with Gasteiger partial charge in [-0.25, -0.2) is 22.0 Å². The molecule has 0 aliphatic rings. The molecule has 4 rings (SSSR count). The third-order valence-corrected chi connectivity index (χ3v) is 6.91. The summed E-state index contributed by atoms with van der Waals surface area (Å²) >= 11 is 0.820. The SMILES string of the molecule is CCS/C(F)=C(\F)c1ccc(-c2ccc(CCc3ccc(-c4cc(F)c(CF)c(F)c4)c(F)c3)cc2)cc1. The molecule has 0 radical (unpaired) electrons. The number of thioether (sulfide) groups is 1. The fourth-order valence-corrected chi connectivity index (χ4v) is 4.60. The van der Waals surface area contributed by atoms with Gasteiger partial charge in [-0.2, -0.15) is 4.39 Å². The number of aryl methyl sites for hydroxylation is 2. The first-order valence-corrected chi connectivity index (χ1v) is 13.0. The van der Waals surface area contributed by atoms with E-state index in [9.17, 15) is 26.3 Å². The highest BCUT2D eigenvalue weighted by Crippen LogP contribution is 2.31. The summed E-state index contributed by atoms with van der Waals surface area (Å²) in [6.07, 6.45) is 1.18. The molecule has 0 aliphatic heterocycles. The highest BCUT2D eigenvalue weighted by molar-refractivity contribution is 8.03. The molecule has 0 N–H and O–H groups in total. The molecule has 0 amide bonds. The van der Waals surface area contributed by atoms with Crippen LogP contribution in [0.15, 0.2) is 84.0 Å². The summed E-state index contributed by atoms with van der Waals surface area (Å²) in [6, 6.07) is 20.7. The van der Waals surface area contributed by atoms with E-state index < -0.39 is 40.7 Å². The predicted molar refractivity (Wildman–Crippen MR) is 143 cm³/mol. The van der Waals surface area contributed by atoms with Crippen molar-refractivity contribution in [3.05, 3.63) is 124 Å². The molecule has 0 spiro atoms. The molecular formula is C31H24F6S. The van der Waals surface area contributed by atoms with Crippen LogP contribution >= 0.6 is 11.8 Å². The van der Waals surface area contributed by atoms with Gasteiger partial charge in [0, 0.05) is 11.1 Å². The van der Waals surface area contributed by atoms with Gasteiger partial charge in [0.2, 0.25) is 0 Å². The molecule has 4 aromatic carbocycles. The Bertz CT molecular complexity index is 1420. The third-order valence-electron chi connectivity index (χ3n) is 6.19. The van der Waals surface area contributed by atoms with E-state index in [1.54, 1.807) is 37.3 Å². The van der Waals surface area contributed by atoms with Gasteiger partial charge in [-0.1, -0.05) is 79.3 Å². The van der Waals surface area contributed by atoms with Crippen LogP contribution in [0.3, 0.4) is 0 Å². The lowest BCUT2D eigenvalue weighted by molar-refractivity contribution is 0.440. The normalized spacial score (nSPS) is 12.0. The minimum Gasteiger partial charge on any atom is -0.246 e. The molecule has 4 aromatic rings. The van der Waals surface area contributed by atoms with Crippen molar-refractivity contribution in [2.45, 2.75) is 26.4 Å². The summed E-state index contributed by atoms with van der Waals surface area (Å²) in [6.45, 7) is 0.479. The zero-order valence-electron chi connectivity index (χ0n) is 20.5. The number of hydrogen-bond donors (Lipinski definition) is 0. The molecule has 0 aliphatic carbocycles. The van der Waals surface area contributed by atoms with E-state index in [4.69, 9.17) is 0 Å². The molecular weight excluding hydrogens is 518 g/mol. The van der Waals surface area contributed by atoms with Gasteiger partial charge < -0.3 is 0 Å². The Morgan fingerprint density at radius 3 is 1.76 bits per heavy atom. The Hall–Kier alpha value is -3.45. The summed E-state index contributed by atoms with van der Waals surface area (Å²) in [7, 11) is 0. The van der Waals surface area contributed by atoms with Crippen molar-refractivity contribution in [1.29, 1.82) is 0 Å². The molecule has 0 fully saturated rings. The fourth-order valence-electron chi connectivity index (χ4n) is 4.10. The van der Waals surface area contributed by atoms with E-state index in [0.29, 0.717) is 18.6 Å². The van der Waals surface area contributed by atoms with E-state index in [1.165, 1.54) is 12.1 Å². The first-order chi connectivity index (χ1) is 18.3. The lowest BCUT2D eigenvalue weighted by Crippen LogP contribution is -1.97. The molecule has 0 unspecified atom stereocenters. The second-order valence-electron chi connectivity index (χ2n) is 8.66. The van der Waals surface area contributed by atoms with Crippen molar-refractivity contribution in [2.24, 2.45) is 0 Å². The zero-order valence-corrected chi connectivity index (χ0v) is 21.3. The van der Waals surface area contributed by atoms with Crippen molar-refractivity contribution < 1.29 is 26.3 Å². The van der Waals surface area contributed by atoms with Crippen LogP contribution in [-0.2, 0) is 19.5 Å². The van der Waals surface area contributed by atoms with Gasteiger partial charge in [0.25, 0.3) is 0 Å². The lowest BCUT2D eigenvalue weighted by Gasteiger charge is -2.10. The number of benzene rings is 4. The Kier molecular flexibility index (Phi) is 9.00. The lowest BCUT2D eigenvalue weighted by atomic mass is 9.97. The Balaban J connectivity index is 1.41. The average Bonchev–Trinajstić information content (AvgIpc) is 2.92. The molecule has 0 bridgehead atoms. The molecule has 38 heavy (non-hydrogen) atoms. The highest BCUT2D eigenvalue weighted by atomic mass is 32.2. The van der Waals surface area contributed by atoms with Gasteiger partial charge in [-0.05, 0) is 64.6 Å². The topological polar surface area (TPSA) is 0 Å². The van der Waals surface area contributed by atoms with Gasteiger partial charge in [0.15, 0.2) is 11.0 Å². The van der Waals surface area contributed by atoms with Crippen molar-refractivity contribution in [2.75, 3.05) is 5.75 Å². The number of rotatable bonds is 9. The summed E-state index contributed by atoms with van der Waals surface area (Å²) in [5.74, 6) is -3.13. The Labute approximate surface area is 222 Å². The van der Waals surface area contributed by atoms with E-state index >= 15 is 0 Å². The maximum Gasteiger partial charge on any atom is 0.192 e. The molecule has 0 aromatic heterocycles. The highest BCUT2D eigenvalue weighted by Gasteiger charge is 2.15. The molecule has 0 heterocycles. The van der Waals surface area contributed by atoms with Crippen LogP contribution in [0.1, 0.15) is 29.2 Å². The molecule has 0 saturated carbocycles. The van der Waals surface area contributed by atoms with Crippen molar-refractivity contribution >= 4 is 17.6 Å². The Morgan fingerprint density at radius 1 is 0.658 bits per heavy atom. The first-order valence-electron chi connectivity index (χ1n) is 12.0. The van der Waals surface area contributed by atoms with Crippen LogP contribution in [0.5, 0.6) is 0 Å². The number of alkyl halides is 1. The van der Waals surface area contributed by atoms with Gasteiger partial charge in [0.05, 0.1) is 5.56 Å². The maximum absolute atomic E-state index is 14.7. The minimum absolute atomic E-state index is 0.00798. The largest absolute Gasteiger partial charge is 0.246 e. The molecule has 196 valence electrons. The van der Waals surface area contributed by atoms with Crippen LogP contribution in [0.4, 0.5) is 26.3 Å².